The summed E-state index contributed by atoms with van der Waals surface area (Å²) in [6, 6.07) is 7.12. The number of hydrogen-bond donors (Lipinski definition) is 0. The van der Waals surface area contributed by atoms with Crippen LogP contribution in [0.25, 0.3) is 11.0 Å². The molecule has 0 fully saturated rings. The molecule has 0 bridgehead atoms. The van der Waals surface area contributed by atoms with Gasteiger partial charge < -0.3 is 9.15 Å². The zero-order valence-electron chi connectivity index (χ0n) is 9.94. The van der Waals surface area contributed by atoms with E-state index in [2.05, 4.69) is 15.9 Å². The Hall–Kier alpha value is -0.940. The van der Waals surface area contributed by atoms with Crippen molar-refractivity contribution in [1.29, 1.82) is 0 Å². The van der Waals surface area contributed by atoms with Gasteiger partial charge in [0.15, 0.2) is 0 Å². The van der Waals surface area contributed by atoms with Crippen molar-refractivity contribution >= 4 is 38.7 Å². The summed E-state index contributed by atoms with van der Waals surface area (Å²) in [5, 5.41) is 1.92. The Kier molecular flexibility index (Phi) is 4.72. The van der Waals surface area contributed by atoms with Gasteiger partial charge in [-0.1, -0.05) is 15.9 Å². The van der Waals surface area contributed by atoms with E-state index in [4.69, 9.17) is 9.15 Å². The van der Waals surface area contributed by atoms with Crippen LogP contribution in [0.5, 0.6) is 5.75 Å². The van der Waals surface area contributed by atoms with Crippen LogP contribution in [0.15, 0.2) is 33.5 Å². The monoisotopic (exact) mass is 328 g/mol. The number of hydrogen-bond acceptors (Lipinski definition) is 4. The summed E-state index contributed by atoms with van der Waals surface area (Å²) in [5.41, 5.74) is 1.27. The van der Waals surface area contributed by atoms with Crippen molar-refractivity contribution in [3.8, 4) is 5.75 Å². The molecule has 96 valence electrons. The molecule has 0 spiro atoms. The maximum absolute atomic E-state index is 11.5. The fraction of sp³-hybridized carbons (Fsp3) is 0.308. The quantitative estimate of drug-likeness (QED) is 0.479. The van der Waals surface area contributed by atoms with E-state index in [-0.39, 0.29) is 5.63 Å². The number of alkyl halides is 1. The minimum absolute atomic E-state index is 0.315. The van der Waals surface area contributed by atoms with Crippen LogP contribution >= 0.6 is 27.7 Å². The number of thioether (sulfide) groups is 1. The van der Waals surface area contributed by atoms with Gasteiger partial charge in [0.05, 0.1) is 7.11 Å². The van der Waals surface area contributed by atoms with Crippen molar-refractivity contribution < 1.29 is 9.15 Å². The van der Waals surface area contributed by atoms with Gasteiger partial charge in [-0.3, -0.25) is 0 Å². The van der Waals surface area contributed by atoms with Gasteiger partial charge in [-0.15, -0.1) is 0 Å². The Labute approximate surface area is 118 Å². The lowest BCUT2D eigenvalue weighted by Crippen LogP contribution is -2.00. The molecule has 0 aliphatic carbocycles. The van der Waals surface area contributed by atoms with E-state index < -0.39 is 0 Å². The number of rotatable bonds is 5. The predicted octanol–water partition coefficient (Wildman–Crippen LogP) is 3.43. The molecule has 2 aromatic rings. The van der Waals surface area contributed by atoms with Crippen molar-refractivity contribution in [2.24, 2.45) is 0 Å². The van der Waals surface area contributed by atoms with Crippen molar-refractivity contribution in [1.82, 2.24) is 0 Å². The summed E-state index contributed by atoms with van der Waals surface area (Å²) in [4.78, 5) is 11.5. The molecule has 0 aliphatic rings. The zero-order chi connectivity index (χ0) is 13.0. The first-order valence-electron chi connectivity index (χ1n) is 5.49. The molecule has 0 atom stereocenters. The van der Waals surface area contributed by atoms with Gasteiger partial charge in [0.1, 0.15) is 11.3 Å². The molecule has 0 radical (unpaired) electrons. The van der Waals surface area contributed by atoms with E-state index in [0.717, 1.165) is 27.8 Å². The van der Waals surface area contributed by atoms with E-state index in [9.17, 15) is 4.79 Å². The average molecular weight is 329 g/mol. The van der Waals surface area contributed by atoms with Crippen LogP contribution in [0.2, 0.25) is 0 Å². The highest BCUT2D eigenvalue weighted by atomic mass is 79.9. The Bertz CT molecular complexity index is 594. The van der Waals surface area contributed by atoms with Gasteiger partial charge in [-0.25, -0.2) is 4.79 Å². The fourth-order valence-electron chi connectivity index (χ4n) is 1.69. The summed E-state index contributed by atoms with van der Waals surface area (Å²) in [7, 11) is 1.59. The number of halogens is 1. The van der Waals surface area contributed by atoms with Gasteiger partial charge in [0.2, 0.25) is 0 Å². The van der Waals surface area contributed by atoms with Crippen molar-refractivity contribution in [2.75, 3.05) is 18.2 Å². The van der Waals surface area contributed by atoms with E-state index in [1.165, 1.54) is 0 Å². The largest absolute Gasteiger partial charge is 0.497 e. The third-order valence-electron chi connectivity index (χ3n) is 2.52. The summed E-state index contributed by atoms with van der Waals surface area (Å²) in [6.07, 6.45) is 0. The smallest absolute Gasteiger partial charge is 0.336 e. The SMILES string of the molecule is COc1ccc2c(CSCCBr)cc(=O)oc2c1. The molecule has 0 saturated carbocycles. The predicted molar refractivity (Wildman–Crippen MR) is 79.0 cm³/mol. The molecule has 1 aromatic carbocycles. The molecule has 5 heteroatoms. The molecular formula is C13H13BrO3S. The van der Waals surface area contributed by atoms with Crippen LogP contribution in [0.1, 0.15) is 5.56 Å². The number of ether oxygens (including phenoxy) is 1. The maximum Gasteiger partial charge on any atom is 0.336 e. The molecule has 2 rings (SSSR count). The van der Waals surface area contributed by atoms with Crippen LogP contribution < -0.4 is 10.4 Å². The second-order valence-corrected chi connectivity index (χ2v) is 5.59. The second-order valence-electron chi connectivity index (χ2n) is 3.69. The topological polar surface area (TPSA) is 39.4 Å². The molecule has 18 heavy (non-hydrogen) atoms. The molecule has 1 aromatic heterocycles. The first-order valence-corrected chi connectivity index (χ1v) is 7.76. The normalized spacial score (nSPS) is 10.8. The van der Waals surface area contributed by atoms with Gasteiger partial charge in [-0.2, -0.15) is 11.8 Å². The Morgan fingerprint density at radius 1 is 1.39 bits per heavy atom. The Balaban J connectivity index is 2.42. The van der Waals surface area contributed by atoms with Gasteiger partial charge >= 0.3 is 5.63 Å². The number of fused-ring (bicyclic) bond motifs is 1. The maximum atomic E-state index is 11.5. The van der Waals surface area contributed by atoms with E-state index in [0.29, 0.717) is 11.3 Å². The number of benzene rings is 1. The van der Waals surface area contributed by atoms with Crippen LogP contribution in [-0.4, -0.2) is 18.2 Å². The van der Waals surface area contributed by atoms with Crippen LogP contribution in [0, 0.1) is 0 Å². The minimum Gasteiger partial charge on any atom is -0.497 e. The van der Waals surface area contributed by atoms with E-state index in [1.54, 1.807) is 31.0 Å². The summed E-state index contributed by atoms with van der Waals surface area (Å²) < 4.78 is 10.3. The molecule has 0 amide bonds. The first-order chi connectivity index (χ1) is 8.74. The molecule has 0 aliphatic heterocycles. The molecule has 1 heterocycles. The average Bonchev–Trinajstić information content (AvgIpc) is 2.38. The molecule has 0 N–H and O–H groups in total. The first kappa shape index (κ1) is 13.5. The molecule has 0 saturated heterocycles. The van der Waals surface area contributed by atoms with Gasteiger partial charge in [0, 0.05) is 34.4 Å². The van der Waals surface area contributed by atoms with Crippen LogP contribution in [-0.2, 0) is 5.75 Å². The van der Waals surface area contributed by atoms with Crippen LogP contribution in [0.4, 0.5) is 0 Å². The number of methoxy groups -OCH3 is 1. The highest BCUT2D eigenvalue weighted by molar-refractivity contribution is 9.09. The third-order valence-corrected chi connectivity index (χ3v) is 4.45. The lowest BCUT2D eigenvalue weighted by Gasteiger charge is -2.06. The second kappa shape index (κ2) is 6.29. The van der Waals surface area contributed by atoms with Gasteiger partial charge in [-0.05, 0) is 17.7 Å². The standard InChI is InChI=1S/C13H13BrO3S/c1-16-10-2-3-11-9(8-18-5-4-14)6-13(15)17-12(11)7-10/h2-3,6-7H,4-5,8H2,1H3. The minimum atomic E-state index is -0.315. The fourth-order valence-corrected chi connectivity index (χ4v) is 3.09. The third kappa shape index (κ3) is 3.09. The van der Waals surface area contributed by atoms with Crippen LogP contribution in [0.3, 0.4) is 0 Å². The Morgan fingerprint density at radius 2 is 2.22 bits per heavy atom. The van der Waals surface area contributed by atoms with Crippen molar-refractivity contribution in [3.63, 3.8) is 0 Å². The van der Waals surface area contributed by atoms with Crippen molar-refractivity contribution in [2.45, 2.75) is 5.75 Å². The van der Waals surface area contributed by atoms with E-state index in [1.807, 2.05) is 12.1 Å². The molecular weight excluding hydrogens is 316 g/mol. The molecule has 0 unspecified atom stereocenters. The highest BCUT2D eigenvalue weighted by Gasteiger charge is 2.06. The zero-order valence-corrected chi connectivity index (χ0v) is 12.3. The summed E-state index contributed by atoms with van der Waals surface area (Å²) in [6.45, 7) is 0. The summed E-state index contributed by atoms with van der Waals surface area (Å²) in [5.74, 6) is 2.51. The lowest BCUT2D eigenvalue weighted by molar-refractivity contribution is 0.414. The summed E-state index contributed by atoms with van der Waals surface area (Å²) >= 11 is 5.17. The Morgan fingerprint density at radius 3 is 2.94 bits per heavy atom. The molecule has 3 nitrogen and oxygen atoms in total. The lowest BCUT2D eigenvalue weighted by atomic mass is 10.1. The van der Waals surface area contributed by atoms with Gasteiger partial charge in [0.25, 0.3) is 0 Å². The highest BCUT2D eigenvalue weighted by Crippen LogP contribution is 2.25. The van der Waals surface area contributed by atoms with E-state index >= 15 is 0 Å². The van der Waals surface area contributed by atoms with Crippen molar-refractivity contribution in [3.05, 3.63) is 40.2 Å².